The smallest absolute Gasteiger partial charge is 0.314 e. The minimum Gasteiger partial charge on any atom is -0.490 e. The fraction of sp³-hybridized carbons (Fsp3) is 0.609. The fourth-order valence-electron chi connectivity index (χ4n) is 3.46. The Bertz CT molecular complexity index is 668. The molecule has 1 aliphatic carbocycles. The summed E-state index contributed by atoms with van der Waals surface area (Å²) in [7, 11) is 0. The Balaban J connectivity index is 1.84. The maximum atomic E-state index is 14.3. The van der Waals surface area contributed by atoms with E-state index in [0.29, 0.717) is 31.8 Å². The Morgan fingerprint density at radius 1 is 1.07 bits per heavy atom. The Morgan fingerprint density at radius 3 is 2.45 bits per heavy atom. The van der Waals surface area contributed by atoms with Crippen molar-refractivity contribution in [2.75, 3.05) is 13.3 Å². The maximum Gasteiger partial charge on any atom is 0.314 e. The summed E-state index contributed by atoms with van der Waals surface area (Å²) in [6, 6.07) is 2.54. The van der Waals surface area contributed by atoms with Crippen LogP contribution in [0.4, 0.5) is 13.2 Å². The molecule has 2 rings (SSSR count). The summed E-state index contributed by atoms with van der Waals surface area (Å²) in [6.07, 6.45) is 11.0. The lowest BCUT2D eigenvalue weighted by Crippen LogP contribution is -2.25. The van der Waals surface area contributed by atoms with Crippen LogP contribution in [0.5, 0.6) is 11.5 Å². The van der Waals surface area contributed by atoms with E-state index in [9.17, 15) is 18.0 Å². The molecule has 162 valence electrons. The molecule has 29 heavy (non-hydrogen) atoms. The highest BCUT2D eigenvalue weighted by molar-refractivity contribution is 5.75. The molecule has 1 fully saturated rings. The summed E-state index contributed by atoms with van der Waals surface area (Å²) >= 11 is 0. The summed E-state index contributed by atoms with van der Waals surface area (Å²) in [5, 5.41) is 0. The molecule has 0 aliphatic heterocycles. The van der Waals surface area contributed by atoms with Gasteiger partial charge < -0.3 is 9.47 Å². The molecular formula is C23H31F3O3. The van der Waals surface area contributed by atoms with Crippen molar-refractivity contribution in [2.45, 2.75) is 64.7 Å². The Morgan fingerprint density at radius 2 is 1.76 bits per heavy atom. The molecule has 1 aromatic carbocycles. The molecule has 1 aliphatic rings. The maximum absolute atomic E-state index is 14.3. The van der Waals surface area contributed by atoms with Gasteiger partial charge in [-0.2, -0.15) is 8.78 Å². The third kappa shape index (κ3) is 7.41. The van der Waals surface area contributed by atoms with E-state index in [0.717, 1.165) is 38.5 Å². The number of alkyl halides is 1. The molecule has 0 atom stereocenters. The van der Waals surface area contributed by atoms with Crippen molar-refractivity contribution in [3.05, 3.63) is 35.9 Å². The van der Waals surface area contributed by atoms with Gasteiger partial charge in [0.2, 0.25) is 11.6 Å². The first-order chi connectivity index (χ1) is 14.1. The number of carbonyl (C=O) groups excluding carboxylic acids is 1. The molecule has 0 saturated heterocycles. The van der Waals surface area contributed by atoms with E-state index >= 15 is 0 Å². The Hall–Kier alpha value is -1.98. The van der Waals surface area contributed by atoms with Crippen molar-refractivity contribution < 1.29 is 27.4 Å². The number of hydrogen-bond donors (Lipinski definition) is 0. The predicted molar refractivity (Wildman–Crippen MR) is 107 cm³/mol. The molecule has 0 spiro atoms. The van der Waals surface area contributed by atoms with E-state index in [1.54, 1.807) is 0 Å². The molecule has 0 heterocycles. The van der Waals surface area contributed by atoms with Crippen LogP contribution in [0.25, 0.3) is 0 Å². The van der Waals surface area contributed by atoms with E-state index in [1.165, 1.54) is 12.1 Å². The minimum atomic E-state index is -1.20. The van der Waals surface area contributed by atoms with Crippen molar-refractivity contribution in [1.29, 1.82) is 0 Å². The van der Waals surface area contributed by atoms with Crippen LogP contribution in [0.1, 0.15) is 64.7 Å². The second-order valence-corrected chi connectivity index (χ2v) is 7.54. The van der Waals surface area contributed by atoms with Crippen LogP contribution >= 0.6 is 0 Å². The Kier molecular flexibility index (Phi) is 10.1. The first-order valence-electron chi connectivity index (χ1n) is 10.6. The van der Waals surface area contributed by atoms with Crippen molar-refractivity contribution in [3.63, 3.8) is 0 Å². The second-order valence-electron chi connectivity index (χ2n) is 7.54. The van der Waals surface area contributed by atoms with Crippen LogP contribution < -0.4 is 9.47 Å². The highest BCUT2D eigenvalue weighted by Crippen LogP contribution is 2.33. The number of rotatable bonds is 11. The largest absolute Gasteiger partial charge is 0.490 e. The summed E-state index contributed by atoms with van der Waals surface area (Å²) in [5.41, 5.74) is 0. The van der Waals surface area contributed by atoms with Crippen molar-refractivity contribution in [2.24, 2.45) is 11.8 Å². The standard InChI is InChI=1S/C23H31F3O3/c1-2-3-7-16-28-19-13-14-20(22(26)21(19)25)29-23(27)18-11-9-17(10-12-18)8-5-4-6-15-24/h5,8,13-14,17-18H,2-4,6-7,9-12,15-16H2,1H3. The molecule has 3 nitrogen and oxygen atoms in total. The molecule has 0 aromatic heterocycles. The summed E-state index contributed by atoms with van der Waals surface area (Å²) in [4.78, 5) is 12.4. The van der Waals surface area contributed by atoms with Gasteiger partial charge in [-0.3, -0.25) is 9.18 Å². The van der Waals surface area contributed by atoms with Gasteiger partial charge in [0.15, 0.2) is 11.5 Å². The highest BCUT2D eigenvalue weighted by atomic mass is 19.2. The van der Waals surface area contributed by atoms with Crippen LogP contribution in [0.3, 0.4) is 0 Å². The number of carbonyl (C=O) groups is 1. The average molecular weight is 412 g/mol. The van der Waals surface area contributed by atoms with E-state index in [4.69, 9.17) is 9.47 Å². The fourth-order valence-corrected chi connectivity index (χ4v) is 3.46. The van der Waals surface area contributed by atoms with Gasteiger partial charge in [-0.25, -0.2) is 0 Å². The van der Waals surface area contributed by atoms with Gasteiger partial charge in [-0.1, -0.05) is 31.9 Å². The van der Waals surface area contributed by atoms with E-state index in [2.05, 4.69) is 6.08 Å². The van der Waals surface area contributed by atoms with Gasteiger partial charge in [0, 0.05) is 0 Å². The summed E-state index contributed by atoms with van der Waals surface area (Å²) in [6.45, 7) is 2.04. The Labute approximate surface area is 171 Å². The van der Waals surface area contributed by atoms with Gasteiger partial charge >= 0.3 is 5.97 Å². The lowest BCUT2D eigenvalue weighted by atomic mass is 9.82. The SMILES string of the molecule is CCCCCOc1ccc(OC(=O)C2CCC(C=CCCCF)CC2)c(F)c1F. The number of allylic oxidation sites excluding steroid dienone is 2. The first-order valence-corrected chi connectivity index (χ1v) is 10.6. The normalized spacial score (nSPS) is 19.4. The van der Waals surface area contributed by atoms with Crippen LogP contribution in [0, 0.1) is 23.5 Å². The zero-order valence-electron chi connectivity index (χ0n) is 17.1. The summed E-state index contributed by atoms with van der Waals surface area (Å²) < 4.78 is 50.9. The number of halogens is 3. The monoisotopic (exact) mass is 412 g/mol. The van der Waals surface area contributed by atoms with E-state index < -0.39 is 23.4 Å². The molecule has 0 bridgehead atoms. The van der Waals surface area contributed by atoms with E-state index in [1.807, 2.05) is 13.0 Å². The number of esters is 1. The van der Waals surface area contributed by atoms with Gasteiger partial charge in [0.25, 0.3) is 0 Å². The van der Waals surface area contributed by atoms with Gasteiger partial charge in [-0.15, -0.1) is 0 Å². The molecular weight excluding hydrogens is 381 g/mol. The molecule has 0 amide bonds. The van der Waals surface area contributed by atoms with Gasteiger partial charge in [0.1, 0.15) is 0 Å². The van der Waals surface area contributed by atoms with Crippen LogP contribution in [0.15, 0.2) is 24.3 Å². The van der Waals surface area contributed by atoms with Crippen molar-refractivity contribution >= 4 is 5.97 Å². The van der Waals surface area contributed by atoms with Crippen LogP contribution in [-0.2, 0) is 4.79 Å². The highest BCUT2D eigenvalue weighted by Gasteiger charge is 2.28. The number of benzene rings is 1. The molecule has 0 N–H and O–H groups in total. The molecule has 6 heteroatoms. The average Bonchev–Trinajstić information content (AvgIpc) is 2.73. The number of unbranched alkanes of at least 4 members (excludes halogenated alkanes) is 3. The third-order valence-electron chi connectivity index (χ3n) is 5.25. The van der Waals surface area contributed by atoms with Crippen molar-refractivity contribution in [3.8, 4) is 11.5 Å². The zero-order valence-corrected chi connectivity index (χ0v) is 17.1. The predicted octanol–water partition coefficient (Wildman–Crippen LogP) is 6.55. The van der Waals surface area contributed by atoms with Crippen molar-refractivity contribution in [1.82, 2.24) is 0 Å². The van der Waals surface area contributed by atoms with Gasteiger partial charge in [0.05, 0.1) is 19.2 Å². The second kappa shape index (κ2) is 12.6. The number of ether oxygens (including phenoxy) is 2. The molecule has 0 unspecified atom stereocenters. The number of hydrogen-bond acceptors (Lipinski definition) is 3. The third-order valence-corrected chi connectivity index (χ3v) is 5.25. The minimum absolute atomic E-state index is 0.168. The quantitative estimate of drug-likeness (QED) is 0.179. The lowest BCUT2D eigenvalue weighted by Gasteiger charge is -2.25. The summed E-state index contributed by atoms with van der Waals surface area (Å²) in [5.74, 6) is -3.38. The van der Waals surface area contributed by atoms with Crippen LogP contribution in [-0.4, -0.2) is 19.3 Å². The zero-order chi connectivity index (χ0) is 21.1. The molecule has 1 saturated carbocycles. The van der Waals surface area contributed by atoms with Crippen LogP contribution in [0.2, 0.25) is 0 Å². The lowest BCUT2D eigenvalue weighted by molar-refractivity contribution is -0.140. The molecule has 0 radical (unpaired) electrons. The first kappa shape index (κ1) is 23.3. The topological polar surface area (TPSA) is 35.5 Å². The van der Waals surface area contributed by atoms with E-state index in [-0.39, 0.29) is 18.3 Å². The van der Waals surface area contributed by atoms with Gasteiger partial charge in [-0.05, 0) is 63.0 Å². The molecule has 1 aromatic rings.